The van der Waals surface area contributed by atoms with Crippen LogP contribution in [0, 0.1) is 0 Å². The van der Waals surface area contributed by atoms with Crippen LogP contribution in [0.5, 0.6) is 5.75 Å². The average molecular weight is 368 g/mol. The van der Waals surface area contributed by atoms with Crippen molar-refractivity contribution in [2.75, 3.05) is 31.6 Å². The molecule has 2 heterocycles. The average Bonchev–Trinajstić information content (AvgIpc) is 3.32. The van der Waals surface area contributed by atoms with Crippen LogP contribution in [0.2, 0.25) is 0 Å². The molecule has 0 atom stereocenters. The van der Waals surface area contributed by atoms with E-state index in [4.69, 9.17) is 4.74 Å². The first-order chi connectivity index (χ1) is 12.9. The molecule has 1 saturated heterocycles. The molecular formula is C21H25N3OS. The van der Waals surface area contributed by atoms with Gasteiger partial charge in [0.25, 0.3) is 0 Å². The Hall–Kier alpha value is -2.11. The highest BCUT2D eigenvalue weighted by molar-refractivity contribution is 7.13. The van der Waals surface area contributed by atoms with Gasteiger partial charge in [0.15, 0.2) is 0 Å². The SMILES string of the molecule is c1cc(CN2CCCC2)cc(OCCCNc2nsc3ccccc23)c1. The van der Waals surface area contributed by atoms with E-state index in [0.29, 0.717) is 6.61 Å². The zero-order chi connectivity index (χ0) is 17.6. The molecule has 0 unspecified atom stereocenters. The minimum Gasteiger partial charge on any atom is -0.494 e. The molecular weight excluding hydrogens is 342 g/mol. The lowest BCUT2D eigenvalue weighted by Gasteiger charge is -2.15. The lowest BCUT2D eigenvalue weighted by atomic mass is 10.2. The summed E-state index contributed by atoms with van der Waals surface area (Å²) in [5, 5.41) is 4.63. The molecule has 1 aliphatic rings. The van der Waals surface area contributed by atoms with E-state index in [2.05, 4.69) is 63.1 Å². The molecule has 0 radical (unpaired) electrons. The van der Waals surface area contributed by atoms with Gasteiger partial charge in [-0.1, -0.05) is 24.3 Å². The Morgan fingerprint density at radius 2 is 1.96 bits per heavy atom. The lowest BCUT2D eigenvalue weighted by Crippen LogP contribution is -2.18. The maximum atomic E-state index is 5.94. The van der Waals surface area contributed by atoms with Crippen LogP contribution in [0.3, 0.4) is 0 Å². The molecule has 1 fully saturated rings. The summed E-state index contributed by atoms with van der Waals surface area (Å²) in [5.74, 6) is 1.96. The van der Waals surface area contributed by atoms with Gasteiger partial charge in [-0.3, -0.25) is 4.90 Å². The molecule has 0 aliphatic carbocycles. The van der Waals surface area contributed by atoms with Gasteiger partial charge in [-0.25, -0.2) is 0 Å². The van der Waals surface area contributed by atoms with Crippen LogP contribution < -0.4 is 10.1 Å². The summed E-state index contributed by atoms with van der Waals surface area (Å²) >= 11 is 1.54. The number of hydrogen-bond acceptors (Lipinski definition) is 5. The van der Waals surface area contributed by atoms with Gasteiger partial charge in [0.05, 0.1) is 11.3 Å². The molecule has 26 heavy (non-hydrogen) atoms. The monoisotopic (exact) mass is 367 g/mol. The molecule has 4 nitrogen and oxygen atoms in total. The van der Waals surface area contributed by atoms with Crippen molar-refractivity contribution >= 4 is 27.4 Å². The van der Waals surface area contributed by atoms with E-state index in [0.717, 1.165) is 31.1 Å². The van der Waals surface area contributed by atoms with Crippen molar-refractivity contribution in [2.24, 2.45) is 0 Å². The minimum atomic E-state index is 0.711. The quantitative estimate of drug-likeness (QED) is 0.582. The van der Waals surface area contributed by atoms with Crippen LogP contribution in [-0.2, 0) is 6.54 Å². The predicted molar refractivity (Wildman–Crippen MR) is 109 cm³/mol. The Labute approximate surface area is 159 Å². The maximum absolute atomic E-state index is 5.94. The van der Waals surface area contributed by atoms with Gasteiger partial charge in [0.1, 0.15) is 11.6 Å². The summed E-state index contributed by atoms with van der Waals surface area (Å²) in [6.07, 6.45) is 3.61. The molecule has 0 saturated carbocycles. The Morgan fingerprint density at radius 1 is 1.08 bits per heavy atom. The number of hydrogen-bond donors (Lipinski definition) is 1. The van der Waals surface area contributed by atoms with Gasteiger partial charge < -0.3 is 10.1 Å². The van der Waals surface area contributed by atoms with Crippen molar-refractivity contribution in [2.45, 2.75) is 25.8 Å². The molecule has 1 N–H and O–H groups in total. The molecule has 2 aromatic carbocycles. The van der Waals surface area contributed by atoms with Gasteiger partial charge in [-0.2, -0.15) is 4.37 Å². The van der Waals surface area contributed by atoms with Crippen LogP contribution in [-0.4, -0.2) is 35.5 Å². The molecule has 1 aromatic heterocycles. The Balaban J connectivity index is 1.22. The van der Waals surface area contributed by atoms with Crippen molar-refractivity contribution in [3.8, 4) is 5.75 Å². The van der Waals surface area contributed by atoms with E-state index < -0.39 is 0 Å². The van der Waals surface area contributed by atoms with E-state index in [1.807, 2.05) is 0 Å². The van der Waals surface area contributed by atoms with E-state index in [1.54, 1.807) is 11.5 Å². The fourth-order valence-electron chi connectivity index (χ4n) is 3.41. The molecule has 0 bridgehead atoms. The second-order valence-corrected chi connectivity index (χ2v) is 7.59. The Bertz CT molecular complexity index is 842. The topological polar surface area (TPSA) is 37.4 Å². The Kier molecular flexibility index (Phi) is 5.67. The third kappa shape index (κ3) is 4.34. The summed E-state index contributed by atoms with van der Waals surface area (Å²) in [7, 11) is 0. The van der Waals surface area contributed by atoms with Crippen LogP contribution in [0.15, 0.2) is 48.5 Å². The highest BCUT2D eigenvalue weighted by Crippen LogP contribution is 2.26. The smallest absolute Gasteiger partial charge is 0.147 e. The van der Waals surface area contributed by atoms with Crippen molar-refractivity contribution in [1.82, 2.24) is 9.27 Å². The third-order valence-electron chi connectivity index (χ3n) is 4.76. The van der Waals surface area contributed by atoms with E-state index >= 15 is 0 Å². The lowest BCUT2D eigenvalue weighted by molar-refractivity contribution is 0.311. The standard InChI is InChI=1S/C21H25N3OS/c1-2-10-20-19(9-1)21(23-26-20)22-11-6-14-25-18-8-5-7-17(15-18)16-24-12-3-4-13-24/h1-2,5,7-10,15H,3-4,6,11-14,16H2,(H,22,23). The number of fused-ring (bicyclic) bond motifs is 1. The summed E-state index contributed by atoms with van der Waals surface area (Å²) in [4.78, 5) is 2.52. The largest absolute Gasteiger partial charge is 0.494 e. The second-order valence-electron chi connectivity index (χ2n) is 6.79. The van der Waals surface area contributed by atoms with Gasteiger partial charge in [0.2, 0.25) is 0 Å². The van der Waals surface area contributed by atoms with Crippen LogP contribution >= 0.6 is 11.5 Å². The van der Waals surface area contributed by atoms with Crippen molar-refractivity contribution < 1.29 is 4.74 Å². The number of ether oxygens (including phenoxy) is 1. The van der Waals surface area contributed by atoms with Crippen molar-refractivity contribution in [3.05, 3.63) is 54.1 Å². The first kappa shape index (κ1) is 17.3. The molecule has 136 valence electrons. The molecule has 0 amide bonds. The van der Waals surface area contributed by atoms with E-state index in [-0.39, 0.29) is 0 Å². The van der Waals surface area contributed by atoms with Gasteiger partial charge in [-0.05, 0) is 73.7 Å². The highest BCUT2D eigenvalue weighted by atomic mass is 32.1. The number of nitrogens with zero attached hydrogens (tertiary/aromatic N) is 2. The summed E-state index contributed by atoms with van der Waals surface area (Å²) in [5.41, 5.74) is 1.34. The number of benzene rings is 2. The first-order valence-electron chi connectivity index (χ1n) is 9.41. The molecule has 0 spiro atoms. The number of rotatable bonds is 8. The van der Waals surface area contributed by atoms with Crippen LogP contribution in [0.25, 0.3) is 10.1 Å². The molecule has 3 aromatic rings. The van der Waals surface area contributed by atoms with Crippen molar-refractivity contribution in [3.63, 3.8) is 0 Å². The maximum Gasteiger partial charge on any atom is 0.147 e. The Morgan fingerprint density at radius 3 is 2.88 bits per heavy atom. The number of likely N-dealkylation sites (tertiary alicyclic amines) is 1. The summed E-state index contributed by atoms with van der Waals surface area (Å²) in [6.45, 7) is 5.06. The van der Waals surface area contributed by atoms with Gasteiger partial charge in [-0.15, -0.1) is 0 Å². The van der Waals surface area contributed by atoms with Crippen LogP contribution in [0.1, 0.15) is 24.8 Å². The number of anilines is 1. The second kappa shape index (κ2) is 8.52. The summed E-state index contributed by atoms with van der Waals surface area (Å²) in [6, 6.07) is 16.9. The zero-order valence-corrected chi connectivity index (χ0v) is 15.8. The normalized spacial score (nSPS) is 14.8. The fourth-order valence-corrected chi connectivity index (χ4v) is 4.17. The zero-order valence-electron chi connectivity index (χ0n) is 15.0. The summed E-state index contributed by atoms with van der Waals surface area (Å²) < 4.78 is 11.7. The van der Waals surface area contributed by atoms with E-state index in [1.165, 1.54) is 41.6 Å². The molecule has 4 rings (SSSR count). The van der Waals surface area contributed by atoms with Gasteiger partial charge >= 0.3 is 0 Å². The number of aromatic nitrogens is 1. The van der Waals surface area contributed by atoms with E-state index in [9.17, 15) is 0 Å². The van der Waals surface area contributed by atoms with Crippen LogP contribution in [0.4, 0.5) is 5.82 Å². The molecule has 5 heteroatoms. The third-order valence-corrected chi connectivity index (χ3v) is 5.59. The number of nitrogens with one attached hydrogen (secondary N) is 1. The fraction of sp³-hybridized carbons (Fsp3) is 0.381. The first-order valence-corrected chi connectivity index (χ1v) is 10.2. The van der Waals surface area contributed by atoms with Gasteiger partial charge in [0, 0.05) is 18.5 Å². The highest BCUT2D eigenvalue weighted by Gasteiger charge is 2.11. The predicted octanol–water partition coefficient (Wildman–Crippen LogP) is 4.77. The minimum absolute atomic E-state index is 0.711. The molecule has 1 aliphatic heterocycles. The van der Waals surface area contributed by atoms with Crippen molar-refractivity contribution in [1.29, 1.82) is 0 Å².